The van der Waals surface area contributed by atoms with Crippen LogP contribution in [-0.4, -0.2) is 23.2 Å². The summed E-state index contributed by atoms with van der Waals surface area (Å²) in [5.41, 5.74) is 1.04. The molecule has 0 spiro atoms. The fourth-order valence-electron chi connectivity index (χ4n) is 2.04. The van der Waals surface area contributed by atoms with Gasteiger partial charge in [-0.3, -0.25) is 0 Å². The first-order valence-electron chi connectivity index (χ1n) is 5.89. The predicted octanol–water partition coefficient (Wildman–Crippen LogP) is 2.34. The van der Waals surface area contributed by atoms with Crippen molar-refractivity contribution >= 4 is 11.3 Å². The Morgan fingerprint density at radius 1 is 1.59 bits per heavy atom. The highest BCUT2D eigenvalue weighted by Crippen LogP contribution is 2.33. The van der Waals surface area contributed by atoms with Gasteiger partial charge in [-0.15, -0.1) is 0 Å². The van der Waals surface area contributed by atoms with Crippen LogP contribution in [0.4, 0.5) is 0 Å². The molecule has 2 aromatic heterocycles. The minimum absolute atomic E-state index is 0.478. The van der Waals surface area contributed by atoms with Crippen LogP contribution in [0.3, 0.4) is 0 Å². The van der Waals surface area contributed by atoms with Gasteiger partial charge in [-0.1, -0.05) is 5.16 Å². The molecule has 2 aromatic rings. The molecule has 4 nitrogen and oxygen atoms in total. The first-order valence-corrected chi connectivity index (χ1v) is 6.83. The van der Waals surface area contributed by atoms with Crippen LogP contribution in [-0.2, 0) is 6.42 Å². The Labute approximate surface area is 104 Å². The molecule has 1 saturated carbocycles. The maximum absolute atomic E-state index is 5.30. The number of nitrogens with one attached hydrogen (secondary N) is 1. The second kappa shape index (κ2) is 4.58. The Balaban J connectivity index is 1.71. The zero-order valence-corrected chi connectivity index (χ0v) is 10.5. The Hall–Kier alpha value is -1.20. The molecule has 0 aliphatic heterocycles. The number of rotatable bonds is 5. The summed E-state index contributed by atoms with van der Waals surface area (Å²) in [6.07, 6.45) is 3.46. The van der Waals surface area contributed by atoms with E-state index in [1.807, 2.05) is 23.9 Å². The highest BCUT2D eigenvalue weighted by molar-refractivity contribution is 7.08. The molecule has 2 heterocycles. The fraction of sp³-hybridized carbons (Fsp3) is 0.500. The molecule has 3 rings (SSSR count). The van der Waals surface area contributed by atoms with Crippen molar-refractivity contribution in [2.24, 2.45) is 5.92 Å². The van der Waals surface area contributed by atoms with Crippen molar-refractivity contribution in [1.29, 1.82) is 0 Å². The van der Waals surface area contributed by atoms with Gasteiger partial charge in [0.15, 0.2) is 0 Å². The van der Waals surface area contributed by atoms with E-state index in [1.165, 1.54) is 12.8 Å². The third-order valence-electron chi connectivity index (χ3n) is 3.20. The van der Waals surface area contributed by atoms with Gasteiger partial charge in [-0.2, -0.15) is 16.3 Å². The largest absolute Gasteiger partial charge is 0.339 e. The minimum atomic E-state index is 0.478. The van der Waals surface area contributed by atoms with Gasteiger partial charge in [0.25, 0.3) is 0 Å². The Kier molecular flexibility index (Phi) is 2.94. The molecule has 0 amide bonds. The lowest BCUT2D eigenvalue weighted by Crippen LogP contribution is -2.29. The first kappa shape index (κ1) is 10.9. The summed E-state index contributed by atoms with van der Waals surface area (Å²) >= 11 is 1.64. The molecule has 0 bridgehead atoms. The lowest BCUT2D eigenvalue weighted by atomic mass is 10.1. The second-order valence-corrected chi connectivity index (χ2v) is 5.24. The van der Waals surface area contributed by atoms with Crippen molar-refractivity contribution in [2.45, 2.75) is 25.3 Å². The lowest BCUT2D eigenvalue weighted by molar-refractivity contribution is 0.352. The quantitative estimate of drug-likeness (QED) is 0.883. The third kappa shape index (κ3) is 2.40. The van der Waals surface area contributed by atoms with Crippen LogP contribution in [0, 0.1) is 5.92 Å². The number of aromatic nitrogens is 2. The van der Waals surface area contributed by atoms with Gasteiger partial charge in [-0.05, 0) is 37.3 Å². The average Bonchev–Trinajstić information content (AvgIpc) is 2.88. The van der Waals surface area contributed by atoms with E-state index in [0.717, 1.165) is 23.8 Å². The van der Waals surface area contributed by atoms with Gasteiger partial charge in [0.1, 0.15) is 0 Å². The summed E-state index contributed by atoms with van der Waals surface area (Å²) in [5, 5.41) is 11.4. The van der Waals surface area contributed by atoms with E-state index in [0.29, 0.717) is 11.9 Å². The van der Waals surface area contributed by atoms with Crippen molar-refractivity contribution in [3.05, 3.63) is 22.7 Å². The molecule has 1 unspecified atom stereocenters. The van der Waals surface area contributed by atoms with Crippen LogP contribution >= 0.6 is 11.3 Å². The molecule has 1 aliphatic rings. The minimum Gasteiger partial charge on any atom is -0.339 e. The smallest absolute Gasteiger partial charge is 0.228 e. The molecule has 1 atom stereocenters. The van der Waals surface area contributed by atoms with Gasteiger partial charge in [0.05, 0.1) is 0 Å². The van der Waals surface area contributed by atoms with Crippen molar-refractivity contribution in [3.63, 3.8) is 0 Å². The average molecular weight is 249 g/mol. The topological polar surface area (TPSA) is 51.0 Å². The van der Waals surface area contributed by atoms with Crippen molar-refractivity contribution in [3.8, 4) is 11.4 Å². The molecule has 17 heavy (non-hydrogen) atoms. The Morgan fingerprint density at radius 2 is 2.47 bits per heavy atom. The van der Waals surface area contributed by atoms with Crippen molar-refractivity contribution in [1.82, 2.24) is 15.5 Å². The van der Waals surface area contributed by atoms with Crippen molar-refractivity contribution < 1.29 is 4.52 Å². The summed E-state index contributed by atoms with van der Waals surface area (Å²) in [5.74, 6) is 2.22. The van der Waals surface area contributed by atoms with Gasteiger partial charge in [-0.25, -0.2) is 0 Å². The molecule has 1 aliphatic carbocycles. The first-order chi connectivity index (χ1) is 8.36. The number of hydrogen-bond donors (Lipinski definition) is 1. The molecule has 0 radical (unpaired) electrons. The molecule has 1 N–H and O–H groups in total. The summed E-state index contributed by atoms with van der Waals surface area (Å²) in [7, 11) is 2.00. The summed E-state index contributed by atoms with van der Waals surface area (Å²) in [6, 6.07) is 2.49. The lowest BCUT2D eigenvalue weighted by Gasteiger charge is -2.11. The fourth-order valence-corrected chi connectivity index (χ4v) is 2.67. The van der Waals surface area contributed by atoms with Crippen LogP contribution in [0.25, 0.3) is 11.4 Å². The van der Waals surface area contributed by atoms with E-state index in [4.69, 9.17) is 4.52 Å². The third-order valence-corrected chi connectivity index (χ3v) is 3.89. The summed E-state index contributed by atoms with van der Waals surface area (Å²) in [6.45, 7) is 0. The van der Waals surface area contributed by atoms with Gasteiger partial charge in [0, 0.05) is 23.4 Å². The highest BCUT2D eigenvalue weighted by atomic mass is 32.1. The van der Waals surface area contributed by atoms with Gasteiger partial charge < -0.3 is 9.84 Å². The zero-order chi connectivity index (χ0) is 11.7. The van der Waals surface area contributed by atoms with Crippen molar-refractivity contribution in [2.75, 3.05) is 7.05 Å². The number of nitrogens with zero attached hydrogens (tertiary/aromatic N) is 2. The molecular formula is C12H15N3OS. The summed E-state index contributed by atoms with van der Waals surface area (Å²) < 4.78 is 5.30. The van der Waals surface area contributed by atoms with E-state index < -0.39 is 0 Å². The van der Waals surface area contributed by atoms with E-state index in [-0.39, 0.29) is 0 Å². The van der Waals surface area contributed by atoms with Crippen LogP contribution in [0.1, 0.15) is 18.7 Å². The van der Waals surface area contributed by atoms with Crippen LogP contribution < -0.4 is 5.32 Å². The molecule has 0 aromatic carbocycles. The number of thiophene rings is 1. The predicted molar refractivity (Wildman–Crippen MR) is 66.9 cm³/mol. The molecule has 0 saturated heterocycles. The number of likely N-dealkylation sites (N-methyl/N-ethyl adjacent to an activating group) is 1. The van der Waals surface area contributed by atoms with Gasteiger partial charge >= 0.3 is 0 Å². The molecular weight excluding hydrogens is 234 g/mol. The standard InChI is InChI=1S/C12H15N3OS/c1-13-10(8-2-3-8)6-11-14-12(15-16-11)9-4-5-17-7-9/h4-5,7-8,10,13H,2-3,6H2,1H3. The van der Waals surface area contributed by atoms with Crippen LogP contribution in [0.2, 0.25) is 0 Å². The van der Waals surface area contributed by atoms with E-state index in [2.05, 4.69) is 15.5 Å². The second-order valence-electron chi connectivity index (χ2n) is 4.46. The molecule has 5 heteroatoms. The van der Waals surface area contributed by atoms with E-state index >= 15 is 0 Å². The van der Waals surface area contributed by atoms with Gasteiger partial charge in [0.2, 0.25) is 11.7 Å². The van der Waals surface area contributed by atoms with Crippen LogP contribution in [0.15, 0.2) is 21.3 Å². The Bertz CT molecular complexity index is 476. The zero-order valence-electron chi connectivity index (χ0n) is 9.72. The summed E-state index contributed by atoms with van der Waals surface area (Å²) in [4.78, 5) is 4.44. The number of hydrogen-bond acceptors (Lipinski definition) is 5. The van der Waals surface area contributed by atoms with E-state index in [9.17, 15) is 0 Å². The normalized spacial score (nSPS) is 17.2. The van der Waals surface area contributed by atoms with E-state index in [1.54, 1.807) is 11.3 Å². The van der Waals surface area contributed by atoms with Crippen LogP contribution in [0.5, 0.6) is 0 Å². The SMILES string of the molecule is CNC(Cc1nc(-c2ccsc2)no1)C1CC1. The molecule has 1 fully saturated rings. The molecule has 90 valence electrons. The highest BCUT2D eigenvalue weighted by Gasteiger charge is 2.31. The maximum atomic E-state index is 5.30. The monoisotopic (exact) mass is 249 g/mol. The maximum Gasteiger partial charge on any atom is 0.228 e. The Morgan fingerprint density at radius 3 is 3.12 bits per heavy atom.